The molecule has 1 aliphatic rings. The van der Waals surface area contributed by atoms with E-state index in [1.165, 1.54) is 22.5 Å². The van der Waals surface area contributed by atoms with Gasteiger partial charge in [0.05, 0.1) is 16.1 Å². The Bertz CT molecular complexity index is 1080. The molecule has 3 N–H and O–H groups in total. The second-order valence-electron chi connectivity index (χ2n) is 8.55. The van der Waals surface area contributed by atoms with E-state index in [1.54, 1.807) is 43.9 Å². The average Bonchev–Trinajstić information content (AvgIpc) is 2.72. The third kappa shape index (κ3) is 4.93. The van der Waals surface area contributed by atoms with Crippen molar-refractivity contribution in [2.75, 3.05) is 24.5 Å². The molecule has 1 heterocycles. The van der Waals surface area contributed by atoms with Crippen molar-refractivity contribution in [3.8, 4) is 0 Å². The summed E-state index contributed by atoms with van der Waals surface area (Å²) >= 11 is 0. The average molecular weight is 472 g/mol. The van der Waals surface area contributed by atoms with E-state index in [9.17, 15) is 26.7 Å². The third-order valence-corrected chi connectivity index (χ3v) is 7.67. The summed E-state index contributed by atoms with van der Waals surface area (Å²) in [5.41, 5.74) is 4.37. The molecule has 176 valence electrons. The quantitative estimate of drug-likeness (QED) is 0.699. The first kappa shape index (κ1) is 24.5. The van der Waals surface area contributed by atoms with E-state index < -0.39 is 33.4 Å². The molecule has 0 spiro atoms. The number of hydrogen-bond donors (Lipinski definition) is 2. The maximum absolute atomic E-state index is 13.6. The highest BCUT2D eigenvalue weighted by atomic mass is 32.2. The van der Waals surface area contributed by atoms with Gasteiger partial charge in [0.1, 0.15) is 0 Å². The van der Waals surface area contributed by atoms with Gasteiger partial charge in [0.25, 0.3) is 0 Å². The van der Waals surface area contributed by atoms with Crippen molar-refractivity contribution in [3.63, 3.8) is 0 Å². The van der Waals surface area contributed by atoms with Crippen molar-refractivity contribution in [3.05, 3.63) is 59.2 Å². The van der Waals surface area contributed by atoms with Gasteiger partial charge in [-0.25, -0.2) is 8.42 Å². The fraction of sp³-hybridized carbons (Fsp3) is 0.455. The zero-order chi connectivity index (χ0) is 23.9. The van der Waals surface area contributed by atoms with Crippen LogP contribution in [-0.2, 0) is 28.3 Å². The number of sulfonamides is 1. The van der Waals surface area contributed by atoms with Crippen LogP contribution in [0.1, 0.15) is 37.5 Å². The number of halogens is 3. The number of rotatable bonds is 5. The van der Waals surface area contributed by atoms with Gasteiger partial charge in [0, 0.05) is 37.9 Å². The van der Waals surface area contributed by atoms with Crippen molar-refractivity contribution >= 4 is 15.7 Å². The van der Waals surface area contributed by atoms with Crippen LogP contribution < -0.4 is 10.6 Å². The first-order valence-electron chi connectivity index (χ1n) is 10.2. The zero-order valence-electron chi connectivity index (χ0n) is 18.2. The zero-order valence-corrected chi connectivity index (χ0v) is 19.0. The molecule has 1 saturated heterocycles. The molecule has 1 fully saturated rings. The predicted octanol–water partition coefficient (Wildman–Crippen LogP) is 3.29. The fourth-order valence-electron chi connectivity index (χ4n) is 3.90. The number of nitrogens with zero attached hydrogens (tertiary/aromatic N) is 2. The van der Waals surface area contributed by atoms with Gasteiger partial charge >= 0.3 is 6.18 Å². The van der Waals surface area contributed by atoms with Crippen LogP contribution in [0.3, 0.4) is 0 Å². The van der Waals surface area contributed by atoms with Gasteiger partial charge in [0.2, 0.25) is 10.0 Å². The van der Waals surface area contributed by atoms with E-state index in [-0.39, 0.29) is 36.8 Å². The van der Waals surface area contributed by atoms with E-state index >= 15 is 0 Å². The highest BCUT2D eigenvalue weighted by Gasteiger charge is 2.39. The Morgan fingerprint density at radius 1 is 1.12 bits per heavy atom. The number of alkyl halides is 3. The molecule has 0 saturated carbocycles. The molecule has 1 aliphatic heterocycles. The minimum absolute atomic E-state index is 0.00447. The maximum Gasteiger partial charge on any atom is 0.418 e. The lowest BCUT2D eigenvalue weighted by Gasteiger charge is -2.41. The van der Waals surface area contributed by atoms with Gasteiger partial charge in [-0.05, 0) is 56.2 Å². The fourth-order valence-corrected chi connectivity index (χ4v) is 5.56. The Balaban J connectivity index is 1.88. The van der Waals surface area contributed by atoms with E-state index in [4.69, 9.17) is 5.73 Å². The van der Waals surface area contributed by atoms with Gasteiger partial charge in [0.15, 0.2) is 0 Å². The number of hydrogen-bond acceptors (Lipinski definition) is 5. The number of benzene rings is 2. The van der Waals surface area contributed by atoms with Crippen LogP contribution in [0.15, 0.2) is 47.4 Å². The first-order valence-corrected chi connectivity index (χ1v) is 11.7. The lowest BCUT2D eigenvalue weighted by atomic mass is 9.99. The summed E-state index contributed by atoms with van der Waals surface area (Å²) in [5.74, 6) is 0. The topological polar surface area (TPSA) is 86.9 Å². The molecule has 0 aliphatic carbocycles. The summed E-state index contributed by atoms with van der Waals surface area (Å²) in [6.07, 6.45) is -4.55. The molecular formula is C22H28F3N3O3S. The molecular weight excluding hydrogens is 443 g/mol. The van der Waals surface area contributed by atoms with Crippen molar-refractivity contribution in [2.24, 2.45) is 5.73 Å². The maximum atomic E-state index is 13.6. The number of piperazine rings is 1. The second kappa shape index (κ2) is 8.66. The van der Waals surface area contributed by atoms with E-state index in [0.29, 0.717) is 11.1 Å². The van der Waals surface area contributed by atoms with Gasteiger partial charge in [-0.2, -0.15) is 17.5 Å². The summed E-state index contributed by atoms with van der Waals surface area (Å²) in [6, 6.07) is 9.54. The molecule has 0 amide bonds. The van der Waals surface area contributed by atoms with Crippen LogP contribution in [0.25, 0.3) is 0 Å². The number of anilines is 1. The van der Waals surface area contributed by atoms with Crippen molar-refractivity contribution < 1.29 is 26.7 Å². The summed E-state index contributed by atoms with van der Waals surface area (Å²) in [7, 11) is -3.89. The summed E-state index contributed by atoms with van der Waals surface area (Å²) in [4.78, 5) is 1.60. The monoisotopic (exact) mass is 471 g/mol. The molecule has 10 heteroatoms. The molecule has 2 aromatic carbocycles. The molecule has 3 rings (SSSR count). The summed E-state index contributed by atoms with van der Waals surface area (Å²) in [5, 5.41) is 10.2. The molecule has 0 aromatic heterocycles. The number of nitrogens with two attached hydrogens (primary N) is 1. The van der Waals surface area contributed by atoms with E-state index in [0.717, 1.165) is 6.07 Å². The summed E-state index contributed by atoms with van der Waals surface area (Å²) < 4.78 is 68.8. The minimum atomic E-state index is -4.55. The molecule has 32 heavy (non-hydrogen) atoms. The Hall–Kier alpha value is -2.14. The Kier molecular flexibility index (Phi) is 6.63. The van der Waals surface area contributed by atoms with Crippen molar-refractivity contribution in [1.29, 1.82) is 0 Å². The lowest BCUT2D eigenvalue weighted by Crippen LogP contribution is -2.54. The predicted molar refractivity (Wildman–Crippen MR) is 117 cm³/mol. The van der Waals surface area contributed by atoms with Crippen LogP contribution in [0, 0.1) is 0 Å². The van der Waals surface area contributed by atoms with Crippen LogP contribution in [-0.4, -0.2) is 43.5 Å². The summed E-state index contributed by atoms with van der Waals surface area (Å²) in [6.45, 7) is 5.05. The second-order valence-corrected chi connectivity index (χ2v) is 10.4. The Morgan fingerprint density at radius 2 is 1.81 bits per heavy atom. The molecule has 1 atom stereocenters. The molecule has 2 aromatic rings. The largest absolute Gasteiger partial charge is 0.418 e. The van der Waals surface area contributed by atoms with Crippen molar-refractivity contribution in [2.45, 2.75) is 50.0 Å². The van der Waals surface area contributed by atoms with Gasteiger partial charge in [-0.15, -0.1) is 0 Å². The minimum Gasteiger partial charge on any atom is -0.386 e. The lowest BCUT2D eigenvalue weighted by molar-refractivity contribution is -0.137. The van der Waals surface area contributed by atoms with Crippen LogP contribution in [0.4, 0.5) is 18.9 Å². The van der Waals surface area contributed by atoms with Crippen LogP contribution >= 0.6 is 0 Å². The first-order chi connectivity index (χ1) is 14.7. The van der Waals surface area contributed by atoms with E-state index in [1.807, 2.05) is 0 Å². The third-order valence-electron chi connectivity index (χ3n) is 5.66. The number of aliphatic hydroxyl groups is 1. The Morgan fingerprint density at radius 3 is 2.38 bits per heavy atom. The standard InChI is InChI=1S/C22H28F3N3O3S/c1-15-14-27(20-8-7-16(13-26)11-19(20)22(23,24)25)9-10-28(15)32(30,31)18-6-4-5-17(12-18)21(2,3)29/h4-8,11-12,15,29H,9-10,13-14,26H2,1-3H3/t15-/m1/s1. The van der Waals surface area contributed by atoms with E-state index in [2.05, 4.69) is 0 Å². The molecule has 0 radical (unpaired) electrons. The normalized spacial score (nSPS) is 18.8. The Labute approximate surface area is 186 Å². The smallest absolute Gasteiger partial charge is 0.386 e. The molecule has 0 bridgehead atoms. The van der Waals surface area contributed by atoms with Crippen LogP contribution in [0.5, 0.6) is 0 Å². The highest BCUT2D eigenvalue weighted by Crippen LogP contribution is 2.38. The highest BCUT2D eigenvalue weighted by molar-refractivity contribution is 7.89. The van der Waals surface area contributed by atoms with Gasteiger partial charge in [-0.1, -0.05) is 18.2 Å². The SMILES string of the molecule is C[C@@H]1CN(c2ccc(CN)cc2C(F)(F)F)CCN1S(=O)(=O)c1cccc(C(C)(C)O)c1. The molecule has 6 nitrogen and oxygen atoms in total. The van der Waals surface area contributed by atoms with Gasteiger partial charge in [-0.3, -0.25) is 0 Å². The molecule has 0 unspecified atom stereocenters. The van der Waals surface area contributed by atoms with Crippen molar-refractivity contribution in [1.82, 2.24) is 4.31 Å². The van der Waals surface area contributed by atoms with Gasteiger partial charge < -0.3 is 15.7 Å². The van der Waals surface area contributed by atoms with Crippen LogP contribution in [0.2, 0.25) is 0 Å².